The molecule has 3 rings (SSSR count). The molecule has 0 aliphatic carbocycles. The Kier molecular flexibility index (Phi) is 1.40. The first kappa shape index (κ1) is 7.09. The van der Waals surface area contributed by atoms with Crippen LogP contribution in [-0.2, 0) is 13.0 Å². The van der Waals surface area contributed by atoms with Crippen LogP contribution in [0.1, 0.15) is 11.1 Å². The molecule has 3 heteroatoms. The summed E-state index contributed by atoms with van der Waals surface area (Å²) >= 11 is 0. The highest BCUT2D eigenvalue weighted by atomic mass is 16.3. The molecule has 1 aliphatic heterocycles. The van der Waals surface area contributed by atoms with Gasteiger partial charge in [-0.25, -0.2) is 4.98 Å². The van der Waals surface area contributed by atoms with Gasteiger partial charge in [-0.15, -0.1) is 0 Å². The van der Waals surface area contributed by atoms with Crippen molar-refractivity contribution in [1.29, 1.82) is 0 Å². The highest BCUT2D eigenvalue weighted by Gasteiger charge is 2.10. The zero-order chi connectivity index (χ0) is 8.67. The number of hydrogen-bond donors (Lipinski definition) is 1. The topological polar surface area (TPSA) is 38.1 Å². The zero-order valence-corrected chi connectivity index (χ0v) is 7.21. The van der Waals surface area contributed by atoms with E-state index in [1.807, 2.05) is 0 Å². The molecule has 0 saturated heterocycles. The lowest BCUT2D eigenvalue weighted by Gasteiger charge is -2.15. The van der Waals surface area contributed by atoms with Crippen LogP contribution in [0.25, 0.3) is 11.1 Å². The summed E-state index contributed by atoms with van der Waals surface area (Å²) in [6.45, 7) is 2.02. The van der Waals surface area contributed by atoms with Crippen molar-refractivity contribution in [2.24, 2.45) is 0 Å². The van der Waals surface area contributed by atoms with Gasteiger partial charge in [0, 0.05) is 6.54 Å². The second-order valence-electron chi connectivity index (χ2n) is 3.37. The number of nitrogens with zero attached hydrogens (tertiary/aromatic N) is 1. The van der Waals surface area contributed by atoms with E-state index in [0.29, 0.717) is 0 Å². The molecule has 2 heterocycles. The van der Waals surface area contributed by atoms with E-state index in [9.17, 15) is 0 Å². The first-order chi connectivity index (χ1) is 6.43. The summed E-state index contributed by atoms with van der Waals surface area (Å²) < 4.78 is 5.25. The third-order valence-electron chi connectivity index (χ3n) is 2.54. The lowest BCUT2D eigenvalue weighted by atomic mass is 10.0. The largest absolute Gasteiger partial charge is 0.443 e. The van der Waals surface area contributed by atoms with Crippen LogP contribution in [-0.4, -0.2) is 11.5 Å². The van der Waals surface area contributed by atoms with E-state index in [1.165, 1.54) is 17.5 Å². The van der Waals surface area contributed by atoms with E-state index in [2.05, 4.69) is 22.4 Å². The molecule has 1 aromatic carbocycles. The maximum absolute atomic E-state index is 5.25. The van der Waals surface area contributed by atoms with E-state index in [-0.39, 0.29) is 0 Å². The predicted octanol–water partition coefficient (Wildman–Crippen LogP) is 1.47. The van der Waals surface area contributed by atoms with Crippen molar-refractivity contribution in [3.05, 3.63) is 29.7 Å². The van der Waals surface area contributed by atoms with Crippen LogP contribution in [0, 0.1) is 0 Å². The second-order valence-corrected chi connectivity index (χ2v) is 3.37. The number of fused-ring (bicyclic) bond motifs is 2. The van der Waals surface area contributed by atoms with Gasteiger partial charge in [0.2, 0.25) is 0 Å². The SMILES string of the molecule is c1nc2cc3c(cc2o1)CNCC3. The van der Waals surface area contributed by atoms with Crippen molar-refractivity contribution < 1.29 is 4.42 Å². The summed E-state index contributed by atoms with van der Waals surface area (Å²) in [5.74, 6) is 0. The molecule has 0 amide bonds. The first-order valence-corrected chi connectivity index (χ1v) is 4.49. The van der Waals surface area contributed by atoms with Crippen LogP contribution in [0.3, 0.4) is 0 Å². The maximum atomic E-state index is 5.25. The van der Waals surface area contributed by atoms with Gasteiger partial charge >= 0.3 is 0 Å². The van der Waals surface area contributed by atoms with Gasteiger partial charge in [-0.2, -0.15) is 0 Å². The standard InChI is InChI=1S/C10H10N2O/c1-2-11-5-8-4-10-9(3-7(1)8)12-6-13-10/h3-4,6,11H,1-2,5H2. The van der Waals surface area contributed by atoms with Crippen molar-refractivity contribution in [3.8, 4) is 0 Å². The number of hydrogen-bond acceptors (Lipinski definition) is 3. The Morgan fingerprint density at radius 2 is 2.31 bits per heavy atom. The second kappa shape index (κ2) is 2.57. The minimum absolute atomic E-state index is 0.891. The lowest BCUT2D eigenvalue weighted by molar-refractivity contribution is 0.598. The highest BCUT2D eigenvalue weighted by molar-refractivity contribution is 5.74. The van der Waals surface area contributed by atoms with E-state index < -0.39 is 0 Å². The summed E-state index contributed by atoms with van der Waals surface area (Å²) in [6, 6.07) is 4.22. The quantitative estimate of drug-likeness (QED) is 0.657. The molecule has 0 atom stereocenters. The molecule has 1 N–H and O–H groups in total. The molecule has 0 spiro atoms. The van der Waals surface area contributed by atoms with Gasteiger partial charge in [0.25, 0.3) is 0 Å². The third kappa shape index (κ3) is 1.04. The van der Waals surface area contributed by atoms with Gasteiger partial charge < -0.3 is 9.73 Å². The number of aromatic nitrogens is 1. The minimum Gasteiger partial charge on any atom is -0.443 e. The fourth-order valence-electron chi connectivity index (χ4n) is 1.83. The Morgan fingerprint density at radius 3 is 3.31 bits per heavy atom. The summed E-state index contributed by atoms with van der Waals surface area (Å²) in [5.41, 5.74) is 4.61. The van der Waals surface area contributed by atoms with Crippen molar-refractivity contribution in [1.82, 2.24) is 10.3 Å². The zero-order valence-electron chi connectivity index (χ0n) is 7.21. The highest BCUT2D eigenvalue weighted by Crippen LogP contribution is 2.21. The summed E-state index contributed by atoms with van der Waals surface area (Å²) in [5, 5.41) is 3.34. The van der Waals surface area contributed by atoms with Crippen molar-refractivity contribution in [2.45, 2.75) is 13.0 Å². The number of rotatable bonds is 0. The maximum Gasteiger partial charge on any atom is 0.181 e. The molecule has 0 radical (unpaired) electrons. The number of oxazole rings is 1. The Morgan fingerprint density at radius 1 is 1.31 bits per heavy atom. The Bertz CT molecular complexity index is 407. The molecule has 3 nitrogen and oxygen atoms in total. The molecule has 1 aromatic heterocycles. The van der Waals surface area contributed by atoms with Gasteiger partial charge in [-0.05, 0) is 36.2 Å². The molecule has 0 unspecified atom stereocenters. The molecule has 0 bridgehead atoms. The predicted molar refractivity (Wildman–Crippen MR) is 49.4 cm³/mol. The van der Waals surface area contributed by atoms with Crippen LogP contribution < -0.4 is 5.32 Å². The lowest BCUT2D eigenvalue weighted by Crippen LogP contribution is -2.23. The van der Waals surface area contributed by atoms with Crippen LogP contribution >= 0.6 is 0 Å². The molecule has 0 saturated carbocycles. The Hall–Kier alpha value is -1.35. The molecular weight excluding hydrogens is 164 g/mol. The fraction of sp³-hybridized carbons (Fsp3) is 0.300. The van der Waals surface area contributed by atoms with Crippen molar-refractivity contribution in [3.63, 3.8) is 0 Å². The number of nitrogens with one attached hydrogen (secondary N) is 1. The average molecular weight is 174 g/mol. The molecule has 0 fully saturated rings. The molecule has 2 aromatic rings. The van der Waals surface area contributed by atoms with E-state index in [4.69, 9.17) is 4.42 Å². The van der Waals surface area contributed by atoms with Crippen LogP contribution in [0.15, 0.2) is 22.9 Å². The Balaban J connectivity index is 2.28. The Labute approximate surface area is 75.8 Å². The van der Waals surface area contributed by atoms with Gasteiger partial charge in [0.1, 0.15) is 5.52 Å². The molecular formula is C10H10N2O. The summed E-state index contributed by atoms with van der Waals surface area (Å²) in [7, 11) is 0. The van der Waals surface area contributed by atoms with Gasteiger partial charge in [0.15, 0.2) is 12.0 Å². The van der Waals surface area contributed by atoms with Crippen molar-refractivity contribution >= 4 is 11.1 Å². The van der Waals surface area contributed by atoms with Gasteiger partial charge in [-0.1, -0.05) is 0 Å². The molecule has 1 aliphatic rings. The van der Waals surface area contributed by atoms with E-state index >= 15 is 0 Å². The summed E-state index contributed by atoms with van der Waals surface area (Å²) in [4.78, 5) is 4.14. The summed E-state index contributed by atoms with van der Waals surface area (Å²) in [6.07, 6.45) is 2.60. The van der Waals surface area contributed by atoms with Crippen molar-refractivity contribution in [2.75, 3.05) is 6.54 Å². The number of benzene rings is 1. The third-order valence-corrected chi connectivity index (χ3v) is 2.54. The van der Waals surface area contributed by atoms with Crippen LogP contribution in [0.4, 0.5) is 0 Å². The average Bonchev–Trinajstić information content (AvgIpc) is 2.61. The first-order valence-electron chi connectivity index (χ1n) is 4.49. The van der Waals surface area contributed by atoms with Gasteiger partial charge in [-0.3, -0.25) is 0 Å². The van der Waals surface area contributed by atoms with Crippen LogP contribution in [0.5, 0.6) is 0 Å². The van der Waals surface area contributed by atoms with Crippen LogP contribution in [0.2, 0.25) is 0 Å². The minimum atomic E-state index is 0.891. The van der Waals surface area contributed by atoms with Gasteiger partial charge in [0.05, 0.1) is 0 Å². The fourth-order valence-corrected chi connectivity index (χ4v) is 1.83. The monoisotopic (exact) mass is 174 g/mol. The normalized spacial score (nSPS) is 16.0. The van der Waals surface area contributed by atoms with E-state index in [1.54, 1.807) is 0 Å². The smallest absolute Gasteiger partial charge is 0.181 e. The van der Waals surface area contributed by atoms with E-state index in [0.717, 1.165) is 30.6 Å². The molecule has 66 valence electrons. The molecule has 13 heavy (non-hydrogen) atoms.